The van der Waals surface area contributed by atoms with Gasteiger partial charge >= 0.3 is 0 Å². The first kappa shape index (κ1) is 23.3. The van der Waals surface area contributed by atoms with Gasteiger partial charge in [0.15, 0.2) is 0 Å². The number of piperidine rings is 1. The molecule has 4 heterocycles. The maximum absolute atomic E-state index is 12.3. The van der Waals surface area contributed by atoms with Crippen LogP contribution in [-0.4, -0.2) is 51.8 Å². The van der Waals surface area contributed by atoms with Crippen molar-refractivity contribution in [3.8, 4) is 0 Å². The van der Waals surface area contributed by atoms with Gasteiger partial charge in [-0.25, -0.2) is 9.97 Å². The molecule has 0 radical (unpaired) electrons. The van der Waals surface area contributed by atoms with Crippen LogP contribution in [0.3, 0.4) is 0 Å². The maximum Gasteiger partial charge on any atom is 0.250 e. The number of hydrogen-bond acceptors (Lipinski definition) is 6. The molecular weight excluding hydrogens is 450 g/mol. The van der Waals surface area contributed by atoms with Crippen molar-refractivity contribution in [1.82, 2.24) is 19.4 Å². The quantitative estimate of drug-likeness (QED) is 0.484. The summed E-state index contributed by atoms with van der Waals surface area (Å²) < 4.78 is 7.63. The van der Waals surface area contributed by atoms with E-state index in [1.165, 1.54) is 0 Å². The highest BCUT2D eigenvalue weighted by Gasteiger charge is 2.34. The highest BCUT2D eigenvalue weighted by molar-refractivity contribution is 6.31. The van der Waals surface area contributed by atoms with Crippen LogP contribution in [0.15, 0.2) is 41.2 Å². The van der Waals surface area contributed by atoms with Gasteiger partial charge in [0.25, 0.3) is 5.56 Å². The Bertz CT molecular complexity index is 1230. The SMILES string of the molecule is CC(C)OCCCNc1nc(CN2C[C@@H]3C[C@@H](C2)c2cccc(=O)n2C3)nc2ccc(Cl)cc12. The summed E-state index contributed by atoms with van der Waals surface area (Å²) in [7, 11) is 0. The number of pyridine rings is 1. The molecule has 2 aliphatic rings. The van der Waals surface area contributed by atoms with Crippen molar-refractivity contribution in [2.45, 2.75) is 51.8 Å². The van der Waals surface area contributed by atoms with Crippen LogP contribution in [0.25, 0.3) is 10.9 Å². The first-order valence-electron chi connectivity index (χ1n) is 12.2. The summed E-state index contributed by atoms with van der Waals surface area (Å²) in [6.45, 7) is 8.92. The largest absolute Gasteiger partial charge is 0.379 e. The molecule has 0 unspecified atom stereocenters. The van der Waals surface area contributed by atoms with Crippen LogP contribution in [0.1, 0.15) is 44.1 Å². The highest BCUT2D eigenvalue weighted by atomic mass is 35.5. The lowest BCUT2D eigenvalue weighted by atomic mass is 9.83. The van der Waals surface area contributed by atoms with Gasteiger partial charge < -0.3 is 14.6 Å². The second kappa shape index (κ2) is 10.0. The van der Waals surface area contributed by atoms with E-state index in [0.717, 1.165) is 67.3 Å². The minimum absolute atomic E-state index is 0.117. The van der Waals surface area contributed by atoms with Crippen LogP contribution in [0.5, 0.6) is 0 Å². The lowest BCUT2D eigenvalue weighted by Crippen LogP contribution is -2.46. The summed E-state index contributed by atoms with van der Waals surface area (Å²) >= 11 is 6.28. The third-order valence-corrected chi connectivity index (χ3v) is 6.92. The summed E-state index contributed by atoms with van der Waals surface area (Å²) in [5.41, 5.74) is 2.17. The molecule has 180 valence electrons. The summed E-state index contributed by atoms with van der Waals surface area (Å²) in [6.07, 6.45) is 2.27. The number of rotatable bonds is 8. The van der Waals surface area contributed by atoms with Crippen LogP contribution in [0.4, 0.5) is 5.82 Å². The lowest BCUT2D eigenvalue weighted by Gasteiger charge is -2.42. The van der Waals surface area contributed by atoms with Crippen LogP contribution in [0.2, 0.25) is 5.02 Å². The van der Waals surface area contributed by atoms with Gasteiger partial charge in [-0.15, -0.1) is 0 Å². The summed E-state index contributed by atoms with van der Waals surface area (Å²) in [6, 6.07) is 11.4. The van der Waals surface area contributed by atoms with Crippen molar-refractivity contribution in [2.24, 2.45) is 5.92 Å². The summed E-state index contributed by atoms with van der Waals surface area (Å²) in [5.74, 6) is 2.48. The van der Waals surface area contributed by atoms with Crippen LogP contribution in [0, 0.1) is 5.92 Å². The number of benzene rings is 1. The Morgan fingerprint density at radius 1 is 1.18 bits per heavy atom. The van der Waals surface area contributed by atoms with E-state index < -0.39 is 0 Å². The third kappa shape index (κ3) is 5.11. The molecule has 0 amide bonds. The van der Waals surface area contributed by atoms with Gasteiger partial charge in [0.1, 0.15) is 11.6 Å². The van der Waals surface area contributed by atoms with E-state index in [-0.39, 0.29) is 11.7 Å². The summed E-state index contributed by atoms with van der Waals surface area (Å²) in [5, 5.41) is 5.09. The predicted molar refractivity (Wildman–Crippen MR) is 136 cm³/mol. The van der Waals surface area contributed by atoms with Crippen molar-refractivity contribution in [3.63, 3.8) is 0 Å². The van der Waals surface area contributed by atoms with Gasteiger partial charge in [0.05, 0.1) is 18.2 Å². The number of halogens is 1. The number of fused-ring (bicyclic) bond motifs is 5. The van der Waals surface area contributed by atoms with E-state index in [1.807, 2.05) is 42.7 Å². The molecule has 1 saturated heterocycles. The minimum atomic E-state index is 0.117. The number of likely N-dealkylation sites (tertiary alicyclic amines) is 1. The van der Waals surface area contributed by atoms with Crippen molar-refractivity contribution >= 4 is 28.3 Å². The minimum Gasteiger partial charge on any atom is -0.379 e. The first-order valence-corrected chi connectivity index (χ1v) is 12.6. The standard InChI is InChI=1S/C26H32ClN5O2/c1-17(2)34-10-4-9-28-26-21-12-20(27)7-8-22(21)29-24(30-26)16-31-13-18-11-19(15-31)23-5-3-6-25(33)32(23)14-18/h3,5-8,12,17-19H,4,9-11,13-16H2,1-2H3,(H,28,29,30)/t18-,19-/m0/s1. The van der Waals surface area contributed by atoms with Gasteiger partial charge in [0, 0.05) is 60.9 Å². The Kier molecular flexibility index (Phi) is 6.86. The zero-order chi connectivity index (χ0) is 23.7. The van der Waals surface area contributed by atoms with Gasteiger partial charge in [-0.3, -0.25) is 9.69 Å². The van der Waals surface area contributed by atoms with Crippen LogP contribution in [-0.2, 0) is 17.8 Å². The van der Waals surface area contributed by atoms with Crippen LogP contribution >= 0.6 is 11.6 Å². The summed E-state index contributed by atoms with van der Waals surface area (Å²) in [4.78, 5) is 24.5. The molecule has 2 aromatic heterocycles. The monoisotopic (exact) mass is 481 g/mol. The zero-order valence-corrected chi connectivity index (χ0v) is 20.6. The molecule has 0 spiro atoms. The molecule has 8 heteroatoms. The number of nitrogens with zero attached hydrogens (tertiary/aromatic N) is 4. The van der Waals surface area contributed by atoms with Gasteiger partial charge in [-0.1, -0.05) is 17.7 Å². The number of aromatic nitrogens is 3. The van der Waals surface area contributed by atoms with Gasteiger partial charge in [-0.05, 0) is 56.9 Å². The molecule has 2 bridgehead atoms. The second-order valence-electron chi connectivity index (χ2n) is 9.74. The predicted octanol–water partition coefficient (Wildman–Crippen LogP) is 4.29. The van der Waals surface area contributed by atoms with E-state index >= 15 is 0 Å². The molecule has 7 nitrogen and oxygen atoms in total. The molecule has 2 aliphatic heterocycles. The van der Waals surface area contributed by atoms with Crippen molar-refractivity contribution in [3.05, 3.63) is 63.3 Å². The van der Waals surface area contributed by atoms with Crippen molar-refractivity contribution in [1.29, 1.82) is 0 Å². The molecule has 34 heavy (non-hydrogen) atoms. The Morgan fingerprint density at radius 3 is 2.91 bits per heavy atom. The number of hydrogen-bond donors (Lipinski definition) is 1. The number of anilines is 1. The molecule has 3 aromatic rings. The maximum atomic E-state index is 12.3. The molecule has 1 aromatic carbocycles. The second-order valence-corrected chi connectivity index (χ2v) is 10.2. The number of ether oxygens (including phenoxy) is 1. The van der Waals surface area contributed by atoms with E-state index in [1.54, 1.807) is 6.07 Å². The smallest absolute Gasteiger partial charge is 0.250 e. The average molecular weight is 482 g/mol. The molecular formula is C26H32ClN5O2. The lowest BCUT2D eigenvalue weighted by molar-refractivity contribution is 0.0787. The Hall–Kier alpha value is -2.48. The fraction of sp³-hybridized carbons (Fsp3) is 0.500. The average Bonchev–Trinajstić information content (AvgIpc) is 2.79. The normalized spacial score (nSPS) is 20.0. The Labute approximate surface area is 205 Å². The topological polar surface area (TPSA) is 72.3 Å². The van der Waals surface area contributed by atoms with E-state index in [4.69, 9.17) is 26.3 Å². The van der Waals surface area contributed by atoms with E-state index in [9.17, 15) is 4.79 Å². The fourth-order valence-corrected chi connectivity index (χ4v) is 5.45. The van der Waals surface area contributed by atoms with Gasteiger partial charge in [-0.2, -0.15) is 0 Å². The van der Waals surface area contributed by atoms with Crippen LogP contribution < -0.4 is 10.9 Å². The molecule has 2 atom stereocenters. The van der Waals surface area contributed by atoms with Gasteiger partial charge in [0.2, 0.25) is 0 Å². The highest BCUT2D eigenvalue weighted by Crippen LogP contribution is 2.35. The Morgan fingerprint density at radius 2 is 2.06 bits per heavy atom. The Balaban J connectivity index is 1.34. The van der Waals surface area contributed by atoms with E-state index in [2.05, 4.69) is 16.3 Å². The molecule has 1 fully saturated rings. The number of nitrogens with one attached hydrogen (secondary N) is 1. The molecule has 1 N–H and O–H groups in total. The fourth-order valence-electron chi connectivity index (χ4n) is 5.28. The molecule has 5 rings (SSSR count). The zero-order valence-electron chi connectivity index (χ0n) is 19.8. The first-order chi connectivity index (χ1) is 16.5. The van der Waals surface area contributed by atoms with Crippen molar-refractivity contribution < 1.29 is 4.74 Å². The third-order valence-electron chi connectivity index (χ3n) is 6.69. The molecule has 0 saturated carbocycles. The van der Waals surface area contributed by atoms with Crippen molar-refractivity contribution in [2.75, 3.05) is 31.6 Å². The van der Waals surface area contributed by atoms with E-state index in [0.29, 0.717) is 30.0 Å². The molecule has 0 aliphatic carbocycles.